The van der Waals surface area contributed by atoms with Gasteiger partial charge in [-0.15, -0.1) is 0 Å². The van der Waals surface area contributed by atoms with Gasteiger partial charge < -0.3 is 5.32 Å². The highest BCUT2D eigenvalue weighted by atomic mass is 19.1. The first-order valence-electron chi connectivity index (χ1n) is 2.62. The van der Waals surface area contributed by atoms with Crippen LogP contribution >= 0.6 is 0 Å². The molecule has 0 spiro atoms. The fourth-order valence-electron chi connectivity index (χ4n) is 0.524. The average molecular weight is 159 g/mol. The second kappa shape index (κ2) is 3.00. The lowest BCUT2D eigenvalue weighted by molar-refractivity contribution is -0.105. The number of hydrogen-bond acceptors (Lipinski definition) is 3. The van der Waals surface area contributed by atoms with Crippen molar-refractivity contribution in [3.8, 4) is 0 Å². The van der Waals surface area contributed by atoms with Gasteiger partial charge in [0.25, 0.3) is 0 Å². The van der Waals surface area contributed by atoms with Gasteiger partial charge in [0.1, 0.15) is 5.82 Å². The summed E-state index contributed by atoms with van der Waals surface area (Å²) in [6.45, 7) is 0. The normalized spacial score (nSPS) is 9.27. The summed E-state index contributed by atoms with van der Waals surface area (Å²) in [5, 5.41) is 1.98. The molecule has 1 aromatic rings. The van der Waals surface area contributed by atoms with E-state index in [-0.39, 0.29) is 12.2 Å². The van der Waals surface area contributed by atoms with Gasteiger partial charge in [0.2, 0.25) is 12.4 Å². The molecular formula is C5H3F2N3O. The van der Waals surface area contributed by atoms with E-state index in [1.54, 1.807) is 0 Å². The molecule has 1 heterocycles. The third-order valence-electron chi connectivity index (χ3n) is 0.874. The highest BCUT2D eigenvalue weighted by Gasteiger charge is 2.01. The number of carbonyl (C=O) groups excluding carboxylic acids is 1. The number of anilines is 1. The predicted octanol–water partition coefficient (Wildman–Crippen LogP) is 0.323. The zero-order valence-electron chi connectivity index (χ0n) is 5.21. The molecule has 6 heteroatoms. The van der Waals surface area contributed by atoms with Gasteiger partial charge in [-0.05, 0) is 0 Å². The summed E-state index contributed by atoms with van der Waals surface area (Å²) in [6.07, 6.45) is -0.948. The zero-order valence-corrected chi connectivity index (χ0v) is 5.21. The molecule has 1 N–H and O–H groups in total. The third-order valence-corrected chi connectivity index (χ3v) is 0.874. The molecule has 0 saturated heterocycles. The van der Waals surface area contributed by atoms with Gasteiger partial charge in [-0.3, -0.25) is 4.79 Å². The van der Waals surface area contributed by atoms with Crippen molar-refractivity contribution in [2.24, 2.45) is 0 Å². The second-order valence-electron chi connectivity index (χ2n) is 1.61. The van der Waals surface area contributed by atoms with Gasteiger partial charge >= 0.3 is 6.08 Å². The Balaban J connectivity index is 2.98. The molecule has 0 atom stereocenters. The Morgan fingerprint density at radius 3 is 2.73 bits per heavy atom. The molecule has 1 rings (SSSR count). The molecule has 58 valence electrons. The van der Waals surface area contributed by atoms with E-state index in [0.717, 1.165) is 6.07 Å². The molecule has 0 aliphatic heterocycles. The first-order chi connectivity index (χ1) is 5.22. The van der Waals surface area contributed by atoms with E-state index in [4.69, 9.17) is 0 Å². The van der Waals surface area contributed by atoms with Crippen molar-refractivity contribution >= 4 is 12.2 Å². The Hall–Kier alpha value is -1.59. The largest absolute Gasteiger partial charge is 0.313 e. The van der Waals surface area contributed by atoms with E-state index >= 15 is 0 Å². The van der Waals surface area contributed by atoms with Gasteiger partial charge in [0.15, 0.2) is 0 Å². The monoisotopic (exact) mass is 159 g/mol. The van der Waals surface area contributed by atoms with Crippen LogP contribution in [0.1, 0.15) is 0 Å². The van der Waals surface area contributed by atoms with Crippen LogP contribution in [-0.4, -0.2) is 16.4 Å². The number of carbonyl (C=O) groups is 1. The first kappa shape index (κ1) is 7.52. The lowest BCUT2D eigenvalue weighted by Gasteiger charge is -1.95. The number of aromatic nitrogens is 2. The summed E-state index contributed by atoms with van der Waals surface area (Å²) in [5.41, 5.74) is 0. The molecule has 4 nitrogen and oxygen atoms in total. The van der Waals surface area contributed by atoms with Crippen molar-refractivity contribution in [2.45, 2.75) is 0 Å². The lowest BCUT2D eigenvalue weighted by Crippen LogP contribution is -2.01. The van der Waals surface area contributed by atoms with E-state index < -0.39 is 12.0 Å². The van der Waals surface area contributed by atoms with E-state index in [1.807, 2.05) is 5.32 Å². The summed E-state index contributed by atoms with van der Waals surface area (Å²) in [5.74, 6) is -1.23. The molecule has 0 unspecified atom stereocenters. The molecule has 0 saturated carbocycles. The van der Waals surface area contributed by atoms with Crippen LogP contribution in [0.25, 0.3) is 0 Å². The van der Waals surface area contributed by atoms with E-state index in [9.17, 15) is 13.6 Å². The van der Waals surface area contributed by atoms with Crippen LogP contribution < -0.4 is 5.32 Å². The number of hydrogen-bond donors (Lipinski definition) is 1. The number of halogens is 2. The third kappa shape index (κ3) is 1.92. The van der Waals surface area contributed by atoms with Gasteiger partial charge in [0.05, 0.1) is 0 Å². The van der Waals surface area contributed by atoms with Crippen LogP contribution in [0, 0.1) is 12.0 Å². The summed E-state index contributed by atoms with van der Waals surface area (Å²) in [6, 6.07) is 0.803. The van der Waals surface area contributed by atoms with Gasteiger partial charge in [0, 0.05) is 6.07 Å². The van der Waals surface area contributed by atoms with Crippen molar-refractivity contribution in [3.63, 3.8) is 0 Å². The molecular weight excluding hydrogens is 156 g/mol. The molecule has 1 aromatic heterocycles. The molecule has 1 amide bonds. The predicted molar refractivity (Wildman–Crippen MR) is 31.6 cm³/mol. The molecule has 0 radical (unpaired) electrons. The van der Waals surface area contributed by atoms with E-state index in [2.05, 4.69) is 9.97 Å². The quantitative estimate of drug-likeness (QED) is 0.384. The SMILES string of the molecule is O=CNc1cc(F)nc(F)n1. The smallest absolute Gasteiger partial charge is 0.313 e. The van der Waals surface area contributed by atoms with E-state index in [0.29, 0.717) is 0 Å². The van der Waals surface area contributed by atoms with Gasteiger partial charge in [-0.25, -0.2) is 0 Å². The Morgan fingerprint density at radius 1 is 1.45 bits per heavy atom. The minimum atomic E-state index is -1.21. The first-order valence-corrected chi connectivity index (χ1v) is 2.62. The zero-order chi connectivity index (χ0) is 8.27. The van der Waals surface area contributed by atoms with Crippen LogP contribution in [0.5, 0.6) is 0 Å². The second-order valence-corrected chi connectivity index (χ2v) is 1.61. The summed E-state index contributed by atoms with van der Waals surface area (Å²) < 4.78 is 24.3. The number of amides is 1. The molecule has 0 aliphatic rings. The minimum absolute atomic E-state index is 0.204. The Kier molecular flexibility index (Phi) is 2.05. The topological polar surface area (TPSA) is 54.9 Å². The van der Waals surface area contributed by atoms with Crippen LogP contribution in [0.4, 0.5) is 14.6 Å². The van der Waals surface area contributed by atoms with Crippen molar-refractivity contribution in [3.05, 3.63) is 18.1 Å². The Morgan fingerprint density at radius 2 is 2.18 bits per heavy atom. The molecule has 11 heavy (non-hydrogen) atoms. The number of nitrogens with zero attached hydrogens (tertiary/aromatic N) is 2. The molecule has 0 bridgehead atoms. The van der Waals surface area contributed by atoms with Crippen LogP contribution in [0.2, 0.25) is 0 Å². The number of rotatable bonds is 2. The maximum absolute atomic E-state index is 12.2. The van der Waals surface area contributed by atoms with Crippen molar-refractivity contribution in [1.82, 2.24) is 9.97 Å². The van der Waals surface area contributed by atoms with E-state index in [1.165, 1.54) is 0 Å². The van der Waals surface area contributed by atoms with Crippen molar-refractivity contribution in [1.29, 1.82) is 0 Å². The molecule has 0 aliphatic carbocycles. The molecule has 0 aromatic carbocycles. The highest BCUT2D eigenvalue weighted by molar-refractivity contribution is 5.68. The van der Waals surface area contributed by atoms with Crippen molar-refractivity contribution in [2.75, 3.05) is 5.32 Å². The lowest BCUT2D eigenvalue weighted by atomic mass is 10.6. The highest BCUT2D eigenvalue weighted by Crippen LogP contribution is 2.02. The average Bonchev–Trinajstić information content (AvgIpc) is 1.85. The fourth-order valence-corrected chi connectivity index (χ4v) is 0.524. The van der Waals surface area contributed by atoms with Crippen molar-refractivity contribution < 1.29 is 13.6 Å². The summed E-state index contributed by atoms with van der Waals surface area (Å²) in [7, 11) is 0. The maximum atomic E-state index is 12.2. The van der Waals surface area contributed by atoms with Crippen LogP contribution in [0.15, 0.2) is 6.07 Å². The summed E-state index contributed by atoms with van der Waals surface area (Å²) in [4.78, 5) is 15.6. The van der Waals surface area contributed by atoms with Gasteiger partial charge in [-0.2, -0.15) is 18.7 Å². The van der Waals surface area contributed by atoms with Crippen LogP contribution in [0.3, 0.4) is 0 Å². The molecule has 0 fully saturated rings. The van der Waals surface area contributed by atoms with Crippen LogP contribution in [-0.2, 0) is 4.79 Å². The minimum Gasteiger partial charge on any atom is -0.313 e. The van der Waals surface area contributed by atoms with Gasteiger partial charge in [-0.1, -0.05) is 0 Å². The standard InChI is InChI=1S/C5H3F2N3O/c6-3-1-4(8-2-11)10-5(7)9-3/h1-2H,(H,8,9,10,11). The summed E-state index contributed by atoms with van der Waals surface area (Å²) >= 11 is 0. The maximum Gasteiger partial charge on any atom is 0.313 e. The Labute approximate surface area is 60.3 Å². The fraction of sp³-hybridized carbons (Fsp3) is 0. The number of nitrogens with one attached hydrogen (secondary N) is 1. The Bertz CT molecular complexity index is 258.